The van der Waals surface area contributed by atoms with Gasteiger partial charge in [-0.2, -0.15) is 0 Å². The maximum absolute atomic E-state index is 11.4. The molecular weight excluding hydrogens is 248 g/mol. The first-order valence-corrected chi connectivity index (χ1v) is 5.04. The van der Waals surface area contributed by atoms with Crippen molar-refractivity contribution in [2.45, 2.75) is 25.0 Å². The van der Waals surface area contributed by atoms with E-state index in [2.05, 4.69) is 9.47 Å². The number of hydrogen-bond donors (Lipinski definition) is 0. The number of carbonyl (C=O) groups excluding carboxylic acids is 4. The van der Waals surface area contributed by atoms with Gasteiger partial charge >= 0.3 is 23.9 Å². The molecule has 1 aliphatic heterocycles. The summed E-state index contributed by atoms with van der Waals surface area (Å²) < 4.78 is 18.2. The van der Waals surface area contributed by atoms with E-state index in [4.69, 9.17) is 9.47 Å². The van der Waals surface area contributed by atoms with E-state index in [1.807, 2.05) is 0 Å². The highest BCUT2D eigenvalue weighted by molar-refractivity contribution is 5.90. The Balaban J connectivity index is 3.00. The van der Waals surface area contributed by atoms with Crippen molar-refractivity contribution in [2.75, 3.05) is 14.2 Å². The van der Waals surface area contributed by atoms with Gasteiger partial charge in [-0.15, -0.1) is 0 Å². The van der Waals surface area contributed by atoms with E-state index < -0.39 is 36.1 Å². The van der Waals surface area contributed by atoms with E-state index in [9.17, 15) is 19.2 Å². The average molecular weight is 260 g/mol. The SMILES string of the molecule is COC(=O)C1OC(=O)CCC(=O)OC1C(=O)OC. The summed E-state index contributed by atoms with van der Waals surface area (Å²) >= 11 is 0. The Labute approximate surface area is 102 Å². The van der Waals surface area contributed by atoms with Gasteiger partial charge in [0.15, 0.2) is 0 Å². The van der Waals surface area contributed by atoms with Crippen LogP contribution in [0.15, 0.2) is 0 Å². The van der Waals surface area contributed by atoms with E-state index in [1.54, 1.807) is 0 Å². The summed E-state index contributed by atoms with van der Waals surface area (Å²) in [5.74, 6) is -3.60. The van der Waals surface area contributed by atoms with Crippen LogP contribution >= 0.6 is 0 Å². The molecule has 0 aliphatic carbocycles. The zero-order valence-electron chi connectivity index (χ0n) is 9.83. The largest absolute Gasteiger partial charge is 0.466 e. The molecule has 0 N–H and O–H groups in total. The molecule has 1 fully saturated rings. The number of rotatable bonds is 2. The van der Waals surface area contributed by atoms with E-state index >= 15 is 0 Å². The first-order valence-electron chi connectivity index (χ1n) is 5.04. The van der Waals surface area contributed by atoms with Gasteiger partial charge in [-0.25, -0.2) is 9.59 Å². The van der Waals surface area contributed by atoms with Crippen molar-refractivity contribution in [1.29, 1.82) is 0 Å². The predicted octanol–water partition coefficient (Wildman–Crippen LogP) is -1.05. The van der Waals surface area contributed by atoms with Crippen molar-refractivity contribution >= 4 is 23.9 Å². The van der Waals surface area contributed by atoms with Crippen LogP contribution in [0.3, 0.4) is 0 Å². The minimum absolute atomic E-state index is 0.236. The molecule has 1 rings (SSSR count). The quantitative estimate of drug-likeness (QED) is 0.457. The summed E-state index contributed by atoms with van der Waals surface area (Å²) in [7, 11) is 2.09. The molecule has 0 spiro atoms. The van der Waals surface area contributed by atoms with Gasteiger partial charge in [0.1, 0.15) is 0 Å². The van der Waals surface area contributed by atoms with Gasteiger partial charge in [0.05, 0.1) is 27.1 Å². The molecule has 0 aromatic heterocycles. The third-order valence-electron chi connectivity index (χ3n) is 2.19. The number of ether oxygens (including phenoxy) is 4. The van der Waals surface area contributed by atoms with Crippen LogP contribution in [0, 0.1) is 0 Å². The van der Waals surface area contributed by atoms with Crippen molar-refractivity contribution in [1.82, 2.24) is 0 Å². The number of carbonyl (C=O) groups is 4. The first kappa shape index (κ1) is 13.9. The molecule has 1 aliphatic rings. The van der Waals surface area contributed by atoms with Crippen molar-refractivity contribution < 1.29 is 38.1 Å². The molecule has 1 saturated heterocycles. The second-order valence-corrected chi connectivity index (χ2v) is 3.37. The molecule has 0 aromatic carbocycles. The van der Waals surface area contributed by atoms with Crippen molar-refractivity contribution in [2.24, 2.45) is 0 Å². The lowest BCUT2D eigenvalue weighted by Crippen LogP contribution is -2.48. The summed E-state index contributed by atoms with van der Waals surface area (Å²) in [4.78, 5) is 45.4. The molecule has 0 amide bonds. The van der Waals surface area contributed by atoms with E-state index in [0.29, 0.717) is 0 Å². The summed E-state index contributed by atoms with van der Waals surface area (Å²) in [6, 6.07) is 0. The Morgan fingerprint density at radius 1 is 0.944 bits per heavy atom. The fourth-order valence-corrected chi connectivity index (χ4v) is 1.30. The average Bonchev–Trinajstić information content (AvgIpc) is 2.36. The molecule has 100 valence electrons. The van der Waals surface area contributed by atoms with Crippen LogP contribution in [-0.4, -0.2) is 50.3 Å². The van der Waals surface area contributed by atoms with Gasteiger partial charge in [0.2, 0.25) is 12.2 Å². The molecule has 0 bridgehead atoms. The number of cyclic esters (lactones) is 2. The zero-order chi connectivity index (χ0) is 13.7. The number of hydrogen-bond acceptors (Lipinski definition) is 8. The molecule has 8 heteroatoms. The maximum atomic E-state index is 11.4. The molecule has 8 nitrogen and oxygen atoms in total. The Morgan fingerprint density at radius 2 is 1.28 bits per heavy atom. The molecular formula is C10H12O8. The summed E-state index contributed by atoms with van der Waals surface area (Å²) in [6.07, 6.45) is -3.78. The van der Waals surface area contributed by atoms with Crippen LogP contribution in [0.2, 0.25) is 0 Å². The second-order valence-electron chi connectivity index (χ2n) is 3.37. The zero-order valence-corrected chi connectivity index (χ0v) is 9.83. The Hall–Kier alpha value is -2.12. The summed E-state index contributed by atoms with van der Waals surface area (Å²) in [6.45, 7) is 0. The van der Waals surface area contributed by atoms with Crippen LogP contribution < -0.4 is 0 Å². The third kappa shape index (κ3) is 3.19. The Morgan fingerprint density at radius 3 is 1.56 bits per heavy atom. The smallest absolute Gasteiger partial charge is 0.351 e. The monoisotopic (exact) mass is 260 g/mol. The predicted molar refractivity (Wildman–Crippen MR) is 53.0 cm³/mol. The molecule has 0 aromatic rings. The molecule has 1 heterocycles. The molecule has 2 atom stereocenters. The highest BCUT2D eigenvalue weighted by Gasteiger charge is 2.43. The lowest BCUT2D eigenvalue weighted by Gasteiger charge is -2.25. The van der Waals surface area contributed by atoms with Crippen LogP contribution in [-0.2, 0) is 38.1 Å². The minimum atomic E-state index is -1.65. The Bertz CT molecular complexity index is 338. The molecule has 0 radical (unpaired) electrons. The lowest BCUT2D eigenvalue weighted by atomic mass is 10.1. The van der Waals surface area contributed by atoms with Crippen LogP contribution in [0.25, 0.3) is 0 Å². The Kier molecular flexibility index (Phi) is 4.64. The van der Waals surface area contributed by atoms with E-state index in [0.717, 1.165) is 14.2 Å². The fourth-order valence-electron chi connectivity index (χ4n) is 1.30. The number of esters is 4. The topological polar surface area (TPSA) is 105 Å². The highest BCUT2D eigenvalue weighted by Crippen LogP contribution is 2.15. The lowest BCUT2D eigenvalue weighted by molar-refractivity contribution is -0.193. The van der Waals surface area contributed by atoms with Gasteiger partial charge in [0.25, 0.3) is 0 Å². The van der Waals surface area contributed by atoms with Gasteiger partial charge in [-0.05, 0) is 0 Å². The van der Waals surface area contributed by atoms with Gasteiger partial charge in [0, 0.05) is 0 Å². The van der Waals surface area contributed by atoms with Crippen molar-refractivity contribution in [3.8, 4) is 0 Å². The maximum Gasteiger partial charge on any atom is 0.351 e. The molecule has 2 unspecified atom stereocenters. The first-order chi connectivity index (χ1) is 8.49. The summed E-state index contributed by atoms with van der Waals surface area (Å²) in [5.41, 5.74) is 0. The number of methoxy groups -OCH3 is 2. The van der Waals surface area contributed by atoms with Gasteiger partial charge in [-0.3, -0.25) is 9.59 Å². The van der Waals surface area contributed by atoms with E-state index in [1.165, 1.54) is 0 Å². The second kappa shape index (κ2) is 5.99. The van der Waals surface area contributed by atoms with Crippen LogP contribution in [0.1, 0.15) is 12.8 Å². The van der Waals surface area contributed by atoms with Gasteiger partial charge < -0.3 is 18.9 Å². The fraction of sp³-hybridized carbons (Fsp3) is 0.600. The third-order valence-corrected chi connectivity index (χ3v) is 2.19. The van der Waals surface area contributed by atoms with Crippen LogP contribution in [0.5, 0.6) is 0 Å². The van der Waals surface area contributed by atoms with Gasteiger partial charge in [-0.1, -0.05) is 0 Å². The molecule has 0 saturated carbocycles. The standard InChI is InChI=1S/C10H12O8/c1-15-9(13)7-8(10(14)16-2)18-6(12)4-3-5(11)17-7/h7-8H,3-4H2,1-2H3. The molecule has 18 heavy (non-hydrogen) atoms. The normalized spacial score (nSPS) is 24.1. The summed E-state index contributed by atoms with van der Waals surface area (Å²) in [5, 5.41) is 0. The highest BCUT2D eigenvalue weighted by atomic mass is 16.6. The van der Waals surface area contributed by atoms with Crippen molar-refractivity contribution in [3.05, 3.63) is 0 Å². The van der Waals surface area contributed by atoms with E-state index in [-0.39, 0.29) is 12.8 Å². The van der Waals surface area contributed by atoms with Crippen LogP contribution in [0.4, 0.5) is 0 Å². The van der Waals surface area contributed by atoms with Crippen molar-refractivity contribution in [3.63, 3.8) is 0 Å². The minimum Gasteiger partial charge on any atom is -0.466 e.